The Morgan fingerprint density at radius 3 is 1.94 bits per heavy atom. The standard InChI is InChI=1S/C16H27ClS/c1-2-3-4-5-6-7-8-9-10-11-12-15-13-14-18-16(15)17/h13-14H,2-12H2,1H3. The van der Waals surface area contributed by atoms with Crippen LogP contribution in [0.25, 0.3) is 0 Å². The van der Waals surface area contributed by atoms with Crippen molar-refractivity contribution in [2.75, 3.05) is 0 Å². The van der Waals surface area contributed by atoms with Crippen molar-refractivity contribution < 1.29 is 0 Å². The van der Waals surface area contributed by atoms with Gasteiger partial charge in [0.2, 0.25) is 0 Å². The third kappa shape index (κ3) is 7.43. The molecule has 0 aliphatic rings. The van der Waals surface area contributed by atoms with Gasteiger partial charge in [-0.3, -0.25) is 0 Å². The van der Waals surface area contributed by atoms with Gasteiger partial charge in [0.05, 0.1) is 4.34 Å². The minimum atomic E-state index is 0.992. The average Bonchev–Trinajstić information content (AvgIpc) is 2.77. The first-order chi connectivity index (χ1) is 8.84. The molecule has 1 aromatic rings. The van der Waals surface area contributed by atoms with Gasteiger partial charge in [-0.05, 0) is 29.9 Å². The number of aryl methyl sites for hydroxylation is 1. The van der Waals surface area contributed by atoms with E-state index in [1.165, 1.54) is 76.2 Å². The molecule has 0 spiro atoms. The Hall–Kier alpha value is -0.0100. The van der Waals surface area contributed by atoms with E-state index in [0.717, 1.165) is 4.34 Å². The summed E-state index contributed by atoms with van der Waals surface area (Å²) in [6.45, 7) is 2.28. The second kappa shape index (κ2) is 10.9. The van der Waals surface area contributed by atoms with Crippen LogP contribution in [0.15, 0.2) is 11.4 Å². The van der Waals surface area contributed by atoms with Gasteiger partial charge in [-0.1, -0.05) is 76.3 Å². The van der Waals surface area contributed by atoms with E-state index in [4.69, 9.17) is 11.6 Å². The normalized spacial score (nSPS) is 11.0. The van der Waals surface area contributed by atoms with E-state index in [9.17, 15) is 0 Å². The molecule has 1 rings (SSSR count). The van der Waals surface area contributed by atoms with Gasteiger partial charge in [0.1, 0.15) is 0 Å². The highest BCUT2D eigenvalue weighted by atomic mass is 35.5. The molecule has 0 atom stereocenters. The van der Waals surface area contributed by atoms with Crippen LogP contribution in [0.3, 0.4) is 0 Å². The quantitative estimate of drug-likeness (QED) is 0.390. The van der Waals surface area contributed by atoms with Crippen LogP contribution in [0.1, 0.15) is 76.7 Å². The Morgan fingerprint density at radius 1 is 0.889 bits per heavy atom. The van der Waals surface area contributed by atoms with Crippen LogP contribution < -0.4 is 0 Å². The first-order valence-corrected chi connectivity index (χ1v) is 8.82. The van der Waals surface area contributed by atoms with E-state index in [0.29, 0.717) is 0 Å². The molecular formula is C16H27ClS. The molecule has 0 aromatic carbocycles. The summed E-state index contributed by atoms with van der Waals surface area (Å²) < 4.78 is 0.992. The zero-order valence-corrected chi connectivity index (χ0v) is 13.3. The molecule has 0 saturated heterocycles. The summed E-state index contributed by atoms with van der Waals surface area (Å²) in [5, 5.41) is 2.09. The van der Waals surface area contributed by atoms with E-state index in [1.807, 2.05) is 0 Å². The van der Waals surface area contributed by atoms with Crippen molar-refractivity contribution in [2.24, 2.45) is 0 Å². The van der Waals surface area contributed by atoms with Gasteiger partial charge in [-0.2, -0.15) is 0 Å². The van der Waals surface area contributed by atoms with Crippen molar-refractivity contribution in [3.63, 3.8) is 0 Å². The number of rotatable bonds is 11. The van der Waals surface area contributed by atoms with Crippen molar-refractivity contribution in [3.8, 4) is 0 Å². The van der Waals surface area contributed by atoms with E-state index in [1.54, 1.807) is 11.3 Å². The van der Waals surface area contributed by atoms with E-state index < -0.39 is 0 Å². The Bertz CT molecular complexity index is 293. The highest BCUT2D eigenvalue weighted by molar-refractivity contribution is 7.14. The predicted octanol–water partition coefficient (Wildman–Crippen LogP) is 6.86. The molecule has 2 heteroatoms. The fourth-order valence-corrected chi connectivity index (χ4v) is 3.29. The second-order valence-electron chi connectivity index (χ2n) is 5.15. The van der Waals surface area contributed by atoms with Crippen molar-refractivity contribution in [3.05, 3.63) is 21.3 Å². The third-order valence-electron chi connectivity index (χ3n) is 3.49. The van der Waals surface area contributed by atoms with Gasteiger partial charge < -0.3 is 0 Å². The molecule has 0 aliphatic carbocycles. The summed E-state index contributed by atoms with van der Waals surface area (Å²) in [5.74, 6) is 0. The van der Waals surface area contributed by atoms with Crippen LogP contribution in [-0.2, 0) is 6.42 Å². The van der Waals surface area contributed by atoms with Gasteiger partial charge in [0.15, 0.2) is 0 Å². The molecule has 0 saturated carbocycles. The van der Waals surface area contributed by atoms with Crippen molar-refractivity contribution in [1.29, 1.82) is 0 Å². The summed E-state index contributed by atoms with van der Waals surface area (Å²) in [6, 6.07) is 2.17. The summed E-state index contributed by atoms with van der Waals surface area (Å²) in [6.07, 6.45) is 15.2. The summed E-state index contributed by atoms with van der Waals surface area (Å²) in [4.78, 5) is 0. The Labute approximate surface area is 122 Å². The molecule has 1 heterocycles. The van der Waals surface area contributed by atoms with Crippen molar-refractivity contribution >= 4 is 22.9 Å². The largest absolute Gasteiger partial charge is 0.132 e. The maximum Gasteiger partial charge on any atom is 0.0960 e. The lowest BCUT2D eigenvalue weighted by atomic mass is 10.0. The minimum absolute atomic E-state index is 0.992. The zero-order valence-electron chi connectivity index (χ0n) is 11.7. The molecule has 0 radical (unpaired) electrons. The van der Waals surface area contributed by atoms with E-state index >= 15 is 0 Å². The number of unbranched alkanes of at least 4 members (excludes halogenated alkanes) is 9. The fourth-order valence-electron chi connectivity index (χ4n) is 2.30. The van der Waals surface area contributed by atoms with Gasteiger partial charge >= 0.3 is 0 Å². The molecule has 0 N–H and O–H groups in total. The lowest BCUT2D eigenvalue weighted by molar-refractivity contribution is 0.556. The molecule has 0 bridgehead atoms. The number of thiophene rings is 1. The average molecular weight is 287 g/mol. The Balaban J connectivity index is 1.83. The van der Waals surface area contributed by atoms with E-state index in [2.05, 4.69) is 18.4 Å². The summed E-state index contributed by atoms with van der Waals surface area (Å²) in [5.41, 5.74) is 1.35. The molecule has 0 fully saturated rings. The molecule has 0 nitrogen and oxygen atoms in total. The van der Waals surface area contributed by atoms with Crippen LogP contribution in [0.5, 0.6) is 0 Å². The lowest BCUT2D eigenvalue weighted by Crippen LogP contribution is -1.85. The second-order valence-corrected chi connectivity index (χ2v) is 6.67. The Morgan fingerprint density at radius 2 is 1.44 bits per heavy atom. The van der Waals surface area contributed by atoms with Crippen LogP contribution in [0, 0.1) is 0 Å². The molecule has 1 aromatic heterocycles. The smallest absolute Gasteiger partial charge is 0.0960 e. The van der Waals surface area contributed by atoms with Crippen LogP contribution >= 0.6 is 22.9 Å². The number of halogens is 1. The van der Waals surface area contributed by atoms with Crippen LogP contribution in [0.4, 0.5) is 0 Å². The topological polar surface area (TPSA) is 0 Å². The maximum absolute atomic E-state index is 6.08. The van der Waals surface area contributed by atoms with Gasteiger partial charge in [0.25, 0.3) is 0 Å². The van der Waals surface area contributed by atoms with Gasteiger partial charge in [-0.25, -0.2) is 0 Å². The number of hydrogen-bond acceptors (Lipinski definition) is 1. The molecule has 0 aliphatic heterocycles. The first kappa shape index (κ1) is 16.0. The van der Waals surface area contributed by atoms with Gasteiger partial charge in [-0.15, -0.1) is 11.3 Å². The molecule has 18 heavy (non-hydrogen) atoms. The third-order valence-corrected chi connectivity index (χ3v) is 4.74. The predicted molar refractivity (Wildman–Crippen MR) is 84.9 cm³/mol. The fraction of sp³-hybridized carbons (Fsp3) is 0.750. The first-order valence-electron chi connectivity index (χ1n) is 7.56. The Kier molecular flexibility index (Phi) is 9.69. The van der Waals surface area contributed by atoms with E-state index in [-0.39, 0.29) is 0 Å². The molecule has 0 amide bonds. The highest BCUT2D eigenvalue weighted by Gasteiger charge is 2.00. The van der Waals surface area contributed by atoms with Crippen LogP contribution in [-0.4, -0.2) is 0 Å². The van der Waals surface area contributed by atoms with Crippen molar-refractivity contribution in [1.82, 2.24) is 0 Å². The minimum Gasteiger partial charge on any atom is -0.132 e. The molecule has 0 unspecified atom stereocenters. The number of hydrogen-bond donors (Lipinski definition) is 0. The zero-order chi connectivity index (χ0) is 13.1. The van der Waals surface area contributed by atoms with Crippen molar-refractivity contribution in [2.45, 2.75) is 77.6 Å². The molecular weight excluding hydrogens is 260 g/mol. The monoisotopic (exact) mass is 286 g/mol. The van der Waals surface area contributed by atoms with Crippen LogP contribution in [0.2, 0.25) is 4.34 Å². The lowest BCUT2D eigenvalue weighted by Gasteiger charge is -2.02. The highest BCUT2D eigenvalue weighted by Crippen LogP contribution is 2.24. The van der Waals surface area contributed by atoms with Gasteiger partial charge in [0, 0.05) is 0 Å². The SMILES string of the molecule is CCCCCCCCCCCCc1ccsc1Cl. The maximum atomic E-state index is 6.08. The molecule has 104 valence electrons. The summed E-state index contributed by atoms with van der Waals surface area (Å²) >= 11 is 7.73. The summed E-state index contributed by atoms with van der Waals surface area (Å²) in [7, 11) is 0.